The highest BCUT2D eigenvalue weighted by atomic mass is 16.5. The molecule has 0 radical (unpaired) electrons. The molecule has 0 bridgehead atoms. The lowest BCUT2D eigenvalue weighted by atomic mass is 9.61. The first-order chi connectivity index (χ1) is 13.6. The number of hydrogen-bond donors (Lipinski definition) is 3. The van der Waals surface area contributed by atoms with Crippen LogP contribution in [0.5, 0.6) is 0 Å². The zero-order valence-electron chi connectivity index (χ0n) is 20.9. The van der Waals surface area contributed by atoms with Crippen LogP contribution >= 0.6 is 0 Å². The van der Waals surface area contributed by atoms with Crippen LogP contribution in [-0.4, -0.2) is 44.1 Å². The maximum Gasteiger partial charge on any atom is 0.333 e. The lowest BCUT2D eigenvalue weighted by Gasteiger charge is -2.44. The number of amides is 3. The number of ether oxygens (including phenoxy) is 1. The normalized spacial score (nSPS) is 13.1. The molecule has 7 heteroatoms. The minimum atomic E-state index is -0.527. The van der Waals surface area contributed by atoms with Gasteiger partial charge in [-0.1, -0.05) is 68.9 Å². The predicted octanol–water partition coefficient (Wildman–Crippen LogP) is 4.04. The Morgan fingerprint density at radius 3 is 1.73 bits per heavy atom. The lowest BCUT2D eigenvalue weighted by molar-refractivity contribution is -0.139. The van der Waals surface area contributed by atoms with Crippen molar-refractivity contribution in [3.05, 3.63) is 12.2 Å². The second kappa shape index (κ2) is 13.3. The van der Waals surface area contributed by atoms with Crippen molar-refractivity contribution in [1.29, 1.82) is 0 Å². The van der Waals surface area contributed by atoms with Crippen LogP contribution < -0.4 is 16.0 Å². The Bertz CT molecular complexity index is 574. The van der Waals surface area contributed by atoms with Crippen LogP contribution in [0.1, 0.15) is 75.7 Å². The van der Waals surface area contributed by atoms with E-state index in [4.69, 9.17) is 4.74 Å². The first kappa shape index (κ1) is 30.1. The van der Waals surface area contributed by atoms with E-state index < -0.39 is 11.4 Å². The average Bonchev–Trinajstić information content (AvgIpc) is 2.61. The number of carbonyl (C=O) groups excluding carboxylic acids is 3. The molecule has 0 fully saturated rings. The minimum Gasteiger partial charge on any atom is -0.460 e. The van der Waals surface area contributed by atoms with Gasteiger partial charge in [-0.3, -0.25) is 4.79 Å². The molecule has 0 aromatic heterocycles. The van der Waals surface area contributed by atoms with Gasteiger partial charge < -0.3 is 20.7 Å². The van der Waals surface area contributed by atoms with E-state index >= 15 is 0 Å². The summed E-state index contributed by atoms with van der Waals surface area (Å²) in [6.45, 7) is 24.6. The van der Waals surface area contributed by atoms with Crippen molar-refractivity contribution < 1.29 is 19.1 Å². The topological polar surface area (TPSA) is 96.5 Å². The Morgan fingerprint density at radius 2 is 1.30 bits per heavy atom. The van der Waals surface area contributed by atoms with Gasteiger partial charge in [0.1, 0.15) is 6.61 Å². The summed E-state index contributed by atoms with van der Waals surface area (Å²) in [6, 6.07) is -0.381. The van der Waals surface area contributed by atoms with Crippen molar-refractivity contribution in [3.8, 4) is 0 Å². The highest BCUT2D eigenvalue weighted by Gasteiger charge is 2.46. The van der Waals surface area contributed by atoms with Crippen LogP contribution in [-0.2, 0) is 14.3 Å². The molecule has 0 aromatic rings. The second-order valence-electron chi connectivity index (χ2n) is 9.67. The highest BCUT2D eigenvalue weighted by Crippen LogP contribution is 2.46. The third kappa shape index (κ3) is 11.8. The van der Waals surface area contributed by atoms with E-state index in [-0.39, 0.29) is 35.9 Å². The first-order valence-electron chi connectivity index (χ1n) is 10.7. The zero-order chi connectivity index (χ0) is 24.2. The van der Waals surface area contributed by atoms with Gasteiger partial charge in [-0.05, 0) is 24.2 Å². The molecule has 7 nitrogen and oxygen atoms in total. The van der Waals surface area contributed by atoms with Gasteiger partial charge in [-0.2, -0.15) is 0 Å². The molecule has 0 rings (SSSR count). The molecule has 1 unspecified atom stereocenters. The Balaban J connectivity index is 0. The number of nitrogens with one attached hydrogen (secondary N) is 3. The lowest BCUT2D eigenvalue weighted by Crippen LogP contribution is -2.50. The van der Waals surface area contributed by atoms with E-state index in [0.717, 1.165) is 6.42 Å². The van der Waals surface area contributed by atoms with Crippen LogP contribution in [0.15, 0.2) is 12.2 Å². The van der Waals surface area contributed by atoms with Gasteiger partial charge in [0.25, 0.3) is 0 Å². The van der Waals surface area contributed by atoms with Crippen LogP contribution in [0, 0.1) is 16.2 Å². The molecule has 0 saturated carbocycles. The molecule has 3 N–H and O–H groups in total. The van der Waals surface area contributed by atoms with Crippen LogP contribution in [0.25, 0.3) is 0 Å². The summed E-state index contributed by atoms with van der Waals surface area (Å²) >= 11 is 0. The average molecular weight is 428 g/mol. The van der Waals surface area contributed by atoms with Crippen molar-refractivity contribution in [2.45, 2.75) is 75.7 Å². The van der Waals surface area contributed by atoms with Crippen molar-refractivity contribution in [3.63, 3.8) is 0 Å². The fourth-order valence-corrected chi connectivity index (χ4v) is 2.79. The molecule has 30 heavy (non-hydrogen) atoms. The maximum absolute atomic E-state index is 12.9. The van der Waals surface area contributed by atoms with E-state index in [1.807, 2.05) is 20.8 Å². The van der Waals surface area contributed by atoms with Crippen LogP contribution in [0.2, 0.25) is 0 Å². The molecule has 0 heterocycles. The van der Waals surface area contributed by atoms with Gasteiger partial charge in [0.05, 0.1) is 12.0 Å². The molecule has 0 saturated heterocycles. The zero-order valence-corrected chi connectivity index (χ0v) is 20.9. The molecule has 0 aliphatic carbocycles. The second-order valence-corrected chi connectivity index (χ2v) is 9.67. The van der Waals surface area contributed by atoms with E-state index in [0.29, 0.717) is 18.7 Å². The Labute approximate surface area is 183 Å². The van der Waals surface area contributed by atoms with Crippen molar-refractivity contribution in [1.82, 2.24) is 16.0 Å². The van der Waals surface area contributed by atoms with Gasteiger partial charge >= 0.3 is 12.0 Å². The van der Waals surface area contributed by atoms with Gasteiger partial charge in [-0.15, -0.1) is 0 Å². The molecule has 0 aliphatic rings. The minimum absolute atomic E-state index is 0.0103. The monoisotopic (exact) mass is 427 g/mol. The number of urea groups is 1. The Kier molecular flexibility index (Phi) is 13.4. The SMILES string of the molecule is C=C(C)C(=O)OCCNC(=O)NCCNC(=O)C(C)(CC(C)(C)C)C(C)(C)C.CC. The van der Waals surface area contributed by atoms with E-state index in [1.54, 1.807) is 6.92 Å². The Morgan fingerprint density at radius 1 is 0.833 bits per heavy atom. The number of carbonyl (C=O) groups is 3. The summed E-state index contributed by atoms with van der Waals surface area (Å²) in [5.41, 5.74) is -0.392. The molecular weight excluding hydrogens is 382 g/mol. The van der Waals surface area contributed by atoms with Gasteiger partial charge in [0.15, 0.2) is 0 Å². The van der Waals surface area contributed by atoms with Crippen LogP contribution in [0.4, 0.5) is 4.79 Å². The number of esters is 1. The molecule has 3 amide bonds. The molecule has 0 spiro atoms. The third-order valence-corrected chi connectivity index (χ3v) is 4.71. The smallest absolute Gasteiger partial charge is 0.333 e. The summed E-state index contributed by atoms with van der Waals surface area (Å²) in [4.78, 5) is 35.8. The molecule has 176 valence electrons. The standard InChI is InChI=1S/C21H39N3O4.C2H6/c1-15(2)16(25)28-13-12-24-18(27)23-11-10-22-17(26)21(9,20(6,7)8)14-19(3,4)5;1-2/h1,10-14H2,2-9H3,(H,22,26)(H2,23,24,27);1-2H3. The summed E-state index contributed by atoms with van der Waals surface area (Å²) in [5.74, 6) is -0.495. The van der Waals surface area contributed by atoms with E-state index in [1.165, 1.54) is 0 Å². The third-order valence-electron chi connectivity index (χ3n) is 4.71. The first-order valence-corrected chi connectivity index (χ1v) is 10.7. The molecule has 0 aliphatic heterocycles. The molecule has 1 atom stereocenters. The van der Waals surface area contributed by atoms with E-state index in [2.05, 4.69) is 64.1 Å². The maximum atomic E-state index is 12.9. The van der Waals surface area contributed by atoms with Crippen molar-refractivity contribution in [2.24, 2.45) is 16.2 Å². The summed E-state index contributed by atoms with van der Waals surface area (Å²) in [7, 11) is 0. The fourth-order valence-electron chi connectivity index (χ4n) is 2.79. The number of hydrogen-bond acceptors (Lipinski definition) is 4. The number of rotatable bonds is 9. The quantitative estimate of drug-likeness (QED) is 0.294. The molecular formula is C23H45N3O4. The predicted molar refractivity (Wildman–Crippen MR) is 123 cm³/mol. The van der Waals surface area contributed by atoms with Crippen molar-refractivity contribution >= 4 is 17.9 Å². The summed E-state index contributed by atoms with van der Waals surface area (Å²) < 4.78 is 4.88. The molecule has 0 aromatic carbocycles. The Hall–Kier alpha value is -2.05. The fraction of sp³-hybridized carbons (Fsp3) is 0.783. The van der Waals surface area contributed by atoms with E-state index in [9.17, 15) is 14.4 Å². The largest absolute Gasteiger partial charge is 0.460 e. The summed E-state index contributed by atoms with van der Waals surface area (Å²) in [6.07, 6.45) is 0.756. The summed E-state index contributed by atoms with van der Waals surface area (Å²) in [5, 5.41) is 8.19. The van der Waals surface area contributed by atoms with Crippen molar-refractivity contribution in [2.75, 3.05) is 26.2 Å². The van der Waals surface area contributed by atoms with Gasteiger partial charge in [0, 0.05) is 18.7 Å². The highest BCUT2D eigenvalue weighted by molar-refractivity contribution is 5.87. The van der Waals surface area contributed by atoms with Gasteiger partial charge in [0.2, 0.25) is 5.91 Å². The van der Waals surface area contributed by atoms with Gasteiger partial charge in [-0.25, -0.2) is 9.59 Å². The van der Waals surface area contributed by atoms with Crippen LogP contribution in [0.3, 0.4) is 0 Å².